The van der Waals surface area contributed by atoms with E-state index in [2.05, 4.69) is 36.3 Å². The summed E-state index contributed by atoms with van der Waals surface area (Å²) in [5, 5.41) is 16.4. The summed E-state index contributed by atoms with van der Waals surface area (Å²) in [7, 11) is 0. The first kappa shape index (κ1) is 21.2. The molecule has 5 heteroatoms. The molecule has 1 rings (SSSR count). The van der Waals surface area contributed by atoms with Gasteiger partial charge in [0.25, 0.3) is 0 Å². The van der Waals surface area contributed by atoms with Crippen LogP contribution in [-0.2, 0) is 0 Å². The SMILES string of the molecule is CCCCC(CC)CN=C(NCC)NCCCN1CCC(O)CC1. The smallest absolute Gasteiger partial charge is 0.191 e. The van der Waals surface area contributed by atoms with Crippen LogP contribution in [-0.4, -0.2) is 61.3 Å². The van der Waals surface area contributed by atoms with Gasteiger partial charge in [0.2, 0.25) is 0 Å². The average molecular weight is 341 g/mol. The van der Waals surface area contributed by atoms with E-state index in [1.54, 1.807) is 0 Å². The summed E-state index contributed by atoms with van der Waals surface area (Å²) in [5.41, 5.74) is 0. The highest BCUT2D eigenvalue weighted by Gasteiger charge is 2.16. The molecule has 0 saturated carbocycles. The first-order valence-electron chi connectivity index (χ1n) is 10.1. The van der Waals surface area contributed by atoms with E-state index < -0.39 is 0 Å². The zero-order valence-electron chi connectivity index (χ0n) is 16.2. The van der Waals surface area contributed by atoms with Gasteiger partial charge >= 0.3 is 0 Å². The minimum Gasteiger partial charge on any atom is -0.393 e. The van der Waals surface area contributed by atoms with Gasteiger partial charge in [-0.05, 0) is 45.1 Å². The minimum absolute atomic E-state index is 0.0777. The van der Waals surface area contributed by atoms with Crippen LogP contribution in [0.5, 0.6) is 0 Å². The maximum atomic E-state index is 9.55. The highest BCUT2D eigenvalue weighted by Crippen LogP contribution is 2.12. The monoisotopic (exact) mass is 340 g/mol. The molecule has 24 heavy (non-hydrogen) atoms. The number of likely N-dealkylation sites (tertiary alicyclic amines) is 1. The third-order valence-electron chi connectivity index (χ3n) is 4.90. The van der Waals surface area contributed by atoms with Gasteiger partial charge in [-0.3, -0.25) is 4.99 Å². The van der Waals surface area contributed by atoms with E-state index >= 15 is 0 Å². The van der Waals surface area contributed by atoms with Crippen LogP contribution in [0, 0.1) is 5.92 Å². The first-order chi connectivity index (χ1) is 11.7. The molecule has 1 heterocycles. The molecule has 1 saturated heterocycles. The molecule has 3 N–H and O–H groups in total. The van der Waals surface area contributed by atoms with Gasteiger partial charge < -0.3 is 20.6 Å². The van der Waals surface area contributed by atoms with Gasteiger partial charge in [-0.2, -0.15) is 0 Å². The number of aliphatic hydroxyl groups excluding tert-OH is 1. The maximum absolute atomic E-state index is 9.55. The van der Waals surface area contributed by atoms with Crippen LogP contribution >= 0.6 is 0 Å². The number of nitrogens with zero attached hydrogens (tertiary/aromatic N) is 2. The lowest BCUT2D eigenvalue weighted by Gasteiger charge is -2.29. The first-order valence-corrected chi connectivity index (χ1v) is 10.1. The predicted octanol–water partition coefficient (Wildman–Crippen LogP) is 2.60. The zero-order valence-corrected chi connectivity index (χ0v) is 16.2. The molecule has 1 fully saturated rings. The highest BCUT2D eigenvalue weighted by molar-refractivity contribution is 5.79. The van der Waals surface area contributed by atoms with Crippen molar-refractivity contribution in [2.75, 3.05) is 39.3 Å². The number of hydrogen-bond acceptors (Lipinski definition) is 3. The second-order valence-electron chi connectivity index (χ2n) is 6.99. The number of hydrogen-bond donors (Lipinski definition) is 3. The Hall–Kier alpha value is -0.810. The van der Waals surface area contributed by atoms with Crippen LogP contribution < -0.4 is 10.6 Å². The molecule has 0 aromatic heterocycles. The second kappa shape index (κ2) is 13.5. The van der Waals surface area contributed by atoms with E-state index in [0.717, 1.165) is 64.5 Å². The van der Waals surface area contributed by atoms with Gasteiger partial charge in [0, 0.05) is 32.7 Å². The van der Waals surface area contributed by atoms with Gasteiger partial charge in [-0.25, -0.2) is 0 Å². The summed E-state index contributed by atoms with van der Waals surface area (Å²) in [6, 6.07) is 0. The molecule has 0 bridgehead atoms. The van der Waals surface area contributed by atoms with Crippen LogP contribution in [0.4, 0.5) is 0 Å². The molecule has 5 nitrogen and oxygen atoms in total. The molecule has 1 aliphatic heterocycles. The van der Waals surface area contributed by atoms with E-state index in [9.17, 15) is 5.11 Å². The molecule has 0 spiro atoms. The van der Waals surface area contributed by atoms with Gasteiger partial charge in [0.15, 0.2) is 5.96 Å². The molecule has 0 amide bonds. The Balaban J connectivity index is 2.24. The fraction of sp³-hybridized carbons (Fsp3) is 0.947. The molecule has 0 radical (unpaired) electrons. The summed E-state index contributed by atoms with van der Waals surface area (Å²) >= 11 is 0. The largest absolute Gasteiger partial charge is 0.393 e. The van der Waals surface area contributed by atoms with E-state index in [0.29, 0.717) is 5.92 Å². The summed E-state index contributed by atoms with van der Waals surface area (Å²) in [6.07, 6.45) is 7.97. The van der Waals surface area contributed by atoms with Crippen LogP contribution in [0.3, 0.4) is 0 Å². The van der Waals surface area contributed by atoms with Gasteiger partial charge in [0.1, 0.15) is 0 Å². The standard InChI is InChI=1S/C19H40N4O/c1-4-7-9-17(5-2)16-22-19(20-6-3)21-12-8-13-23-14-10-18(24)11-15-23/h17-18,24H,4-16H2,1-3H3,(H2,20,21,22). The van der Waals surface area contributed by atoms with E-state index in [1.165, 1.54) is 25.7 Å². The number of aliphatic imine (C=N–C) groups is 1. The normalized spacial score (nSPS) is 18.6. The molecular formula is C19H40N4O. The number of aliphatic hydroxyl groups is 1. The highest BCUT2D eigenvalue weighted by atomic mass is 16.3. The van der Waals surface area contributed by atoms with Crippen molar-refractivity contribution < 1.29 is 5.11 Å². The fourth-order valence-electron chi connectivity index (χ4n) is 3.13. The van der Waals surface area contributed by atoms with E-state index in [-0.39, 0.29) is 6.10 Å². The summed E-state index contributed by atoms with van der Waals surface area (Å²) < 4.78 is 0. The van der Waals surface area contributed by atoms with Gasteiger partial charge in [-0.15, -0.1) is 0 Å². The molecule has 0 aromatic rings. The van der Waals surface area contributed by atoms with Crippen molar-refractivity contribution in [3.05, 3.63) is 0 Å². The second-order valence-corrected chi connectivity index (χ2v) is 6.99. The van der Waals surface area contributed by atoms with Crippen molar-refractivity contribution in [1.29, 1.82) is 0 Å². The number of guanidine groups is 1. The topological polar surface area (TPSA) is 59.9 Å². The van der Waals surface area contributed by atoms with Crippen molar-refractivity contribution >= 4 is 5.96 Å². The van der Waals surface area contributed by atoms with Crippen LogP contribution in [0.25, 0.3) is 0 Å². The third kappa shape index (κ3) is 9.48. The maximum Gasteiger partial charge on any atom is 0.191 e. The van der Waals surface area contributed by atoms with Crippen molar-refractivity contribution in [2.45, 2.75) is 71.8 Å². The van der Waals surface area contributed by atoms with Crippen LogP contribution in [0.2, 0.25) is 0 Å². The van der Waals surface area contributed by atoms with Crippen molar-refractivity contribution in [3.63, 3.8) is 0 Å². The Morgan fingerprint density at radius 1 is 1.17 bits per heavy atom. The Labute approximate surface area is 149 Å². The third-order valence-corrected chi connectivity index (χ3v) is 4.90. The molecule has 1 atom stereocenters. The number of piperidine rings is 1. The van der Waals surface area contributed by atoms with Crippen molar-refractivity contribution in [1.82, 2.24) is 15.5 Å². The Morgan fingerprint density at radius 2 is 1.92 bits per heavy atom. The summed E-state index contributed by atoms with van der Waals surface area (Å²) in [5.74, 6) is 1.67. The molecule has 0 aliphatic carbocycles. The Morgan fingerprint density at radius 3 is 2.54 bits per heavy atom. The summed E-state index contributed by atoms with van der Waals surface area (Å²) in [4.78, 5) is 7.23. The lowest BCUT2D eigenvalue weighted by molar-refractivity contribution is 0.0823. The van der Waals surface area contributed by atoms with Gasteiger partial charge in [-0.1, -0.05) is 33.1 Å². The quantitative estimate of drug-likeness (QED) is 0.307. The van der Waals surface area contributed by atoms with Gasteiger partial charge in [0.05, 0.1) is 6.10 Å². The Kier molecular flexibility index (Phi) is 11.9. The lowest BCUT2D eigenvalue weighted by atomic mass is 10.00. The molecule has 142 valence electrons. The molecule has 1 aliphatic rings. The molecular weight excluding hydrogens is 300 g/mol. The molecule has 1 unspecified atom stereocenters. The number of unbranched alkanes of at least 4 members (excludes halogenated alkanes) is 1. The van der Waals surface area contributed by atoms with E-state index in [4.69, 9.17) is 4.99 Å². The number of rotatable bonds is 11. The fourth-order valence-corrected chi connectivity index (χ4v) is 3.13. The lowest BCUT2D eigenvalue weighted by Crippen LogP contribution is -2.40. The van der Waals surface area contributed by atoms with Crippen molar-refractivity contribution in [2.24, 2.45) is 10.9 Å². The zero-order chi connectivity index (χ0) is 17.6. The predicted molar refractivity (Wildman–Crippen MR) is 104 cm³/mol. The van der Waals surface area contributed by atoms with E-state index in [1.807, 2.05) is 0 Å². The van der Waals surface area contributed by atoms with Crippen molar-refractivity contribution in [3.8, 4) is 0 Å². The Bertz CT molecular complexity index is 327. The van der Waals surface area contributed by atoms with Crippen LogP contribution in [0.15, 0.2) is 4.99 Å². The van der Waals surface area contributed by atoms with Crippen LogP contribution in [0.1, 0.15) is 65.7 Å². The number of nitrogens with one attached hydrogen (secondary N) is 2. The minimum atomic E-state index is -0.0777. The average Bonchev–Trinajstić information content (AvgIpc) is 2.60. The molecule has 0 aromatic carbocycles. The summed E-state index contributed by atoms with van der Waals surface area (Å²) in [6.45, 7) is 12.6.